The normalized spacial score (nSPS) is 10.8. The minimum absolute atomic E-state index is 0.303. The summed E-state index contributed by atoms with van der Waals surface area (Å²) in [7, 11) is 0. The van der Waals surface area contributed by atoms with E-state index in [2.05, 4.69) is 64.0 Å². The molecule has 0 aliphatic rings. The van der Waals surface area contributed by atoms with E-state index >= 15 is 0 Å². The highest BCUT2D eigenvalue weighted by Crippen LogP contribution is 2.22. The third kappa shape index (κ3) is 3.68. The lowest BCUT2D eigenvalue weighted by molar-refractivity contribution is 0.937. The Morgan fingerprint density at radius 3 is 1.81 bits per heavy atom. The molecule has 3 aromatic carbocycles. The lowest BCUT2D eigenvalue weighted by Crippen LogP contribution is -1.83. The average molecular weight is 348 g/mol. The Morgan fingerprint density at radius 2 is 1.22 bits per heavy atom. The Bertz CT molecular complexity index is 1100. The maximum atomic E-state index is 9.04. The molecule has 0 saturated carbocycles. The zero-order chi connectivity index (χ0) is 18.5. The number of benzene rings is 3. The first-order valence-electron chi connectivity index (χ1n) is 8.58. The molecule has 128 valence electrons. The van der Waals surface area contributed by atoms with Crippen molar-refractivity contribution in [2.45, 2.75) is 0 Å². The highest BCUT2D eigenvalue weighted by atomic mass is 15.3. The second-order valence-electron chi connectivity index (χ2n) is 6.08. The van der Waals surface area contributed by atoms with Gasteiger partial charge in [-0.2, -0.15) is 15.6 Å². The van der Waals surface area contributed by atoms with Crippen LogP contribution < -0.4 is 0 Å². The predicted octanol–water partition coefficient (Wildman–Crippen LogP) is 5.18. The first-order chi connectivity index (χ1) is 13.3. The average Bonchev–Trinajstić information content (AvgIpc) is 3.22. The number of rotatable bonds is 4. The fourth-order valence-corrected chi connectivity index (χ4v) is 2.87. The Balaban J connectivity index is 1.49. The molecule has 0 aliphatic heterocycles. The van der Waals surface area contributed by atoms with E-state index in [1.165, 1.54) is 11.1 Å². The summed E-state index contributed by atoms with van der Waals surface area (Å²) in [6, 6.07) is 28.7. The first-order valence-corrected chi connectivity index (χ1v) is 8.58. The summed E-state index contributed by atoms with van der Waals surface area (Å²) in [4.78, 5) is 0. The summed E-state index contributed by atoms with van der Waals surface area (Å²) in [5.41, 5.74) is 6.38. The van der Waals surface area contributed by atoms with Crippen LogP contribution in [0.15, 0.2) is 78.9 Å². The van der Waals surface area contributed by atoms with Gasteiger partial charge in [0.25, 0.3) is 0 Å². The van der Waals surface area contributed by atoms with Crippen LogP contribution in [0.2, 0.25) is 0 Å². The summed E-state index contributed by atoms with van der Waals surface area (Å²) in [5, 5.41) is 19.4. The molecule has 0 amide bonds. The van der Waals surface area contributed by atoms with Crippen LogP contribution in [-0.2, 0) is 0 Å². The van der Waals surface area contributed by atoms with Gasteiger partial charge in [0, 0.05) is 5.56 Å². The van der Waals surface area contributed by atoms with Crippen molar-refractivity contribution < 1.29 is 0 Å². The van der Waals surface area contributed by atoms with Gasteiger partial charge in [-0.05, 0) is 22.3 Å². The number of aromatic amines is 1. The largest absolute Gasteiger partial charge is 0.196 e. The van der Waals surface area contributed by atoms with Crippen LogP contribution in [-0.4, -0.2) is 15.4 Å². The maximum absolute atomic E-state index is 9.04. The molecule has 0 radical (unpaired) electrons. The van der Waals surface area contributed by atoms with Gasteiger partial charge in [0.1, 0.15) is 11.8 Å². The van der Waals surface area contributed by atoms with Crippen LogP contribution in [0.3, 0.4) is 0 Å². The number of nitriles is 1. The third-order valence-corrected chi connectivity index (χ3v) is 4.32. The van der Waals surface area contributed by atoms with E-state index in [-0.39, 0.29) is 0 Å². The zero-order valence-electron chi connectivity index (χ0n) is 14.5. The van der Waals surface area contributed by atoms with Crippen molar-refractivity contribution in [1.82, 2.24) is 15.4 Å². The third-order valence-electron chi connectivity index (χ3n) is 4.32. The van der Waals surface area contributed by atoms with Crippen LogP contribution in [0.5, 0.6) is 0 Å². The van der Waals surface area contributed by atoms with Gasteiger partial charge >= 0.3 is 0 Å². The number of aromatic nitrogens is 3. The molecule has 0 unspecified atom stereocenters. The predicted molar refractivity (Wildman–Crippen MR) is 107 cm³/mol. The molecule has 0 spiro atoms. The van der Waals surface area contributed by atoms with Crippen molar-refractivity contribution in [1.29, 1.82) is 5.26 Å². The van der Waals surface area contributed by atoms with Crippen LogP contribution in [0, 0.1) is 11.3 Å². The highest BCUT2D eigenvalue weighted by molar-refractivity contribution is 5.73. The van der Waals surface area contributed by atoms with Gasteiger partial charge in [-0.15, -0.1) is 5.10 Å². The van der Waals surface area contributed by atoms with E-state index in [1.54, 1.807) is 0 Å². The molecule has 1 aromatic heterocycles. The molecule has 0 atom stereocenters. The van der Waals surface area contributed by atoms with E-state index in [4.69, 9.17) is 5.26 Å². The fourth-order valence-electron chi connectivity index (χ4n) is 2.87. The molecule has 0 saturated heterocycles. The van der Waals surface area contributed by atoms with E-state index in [1.807, 2.05) is 48.5 Å². The van der Waals surface area contributed by atoms with Crippen molar-refractivity contribution in [2.24, 2.45) is 0 Å². The van der Waals surface area contributed by atoms with Crippen molar-refractivity contribution in [3.05, 3.63) is 95.7 Å². The lowest BCUT2D eigenvalue weighted by atomic mass is 10.0. The monoisotopic (exact) mass is 348 g/mol. The highest BCUT2D eigenvalue weighted by Gasteiger charge is 2.08. The second-order valence-corrected chi connectivity index (χ2v) is 6.08. The summed E-state index contributed by atoms with van der Waals surface area (Å²) in [6.07, 6.45) is 4.15. The van der Waals surface area contributed by atoms with Crippen LogP contribution >= 0.6 is 0 Å². The van der Waals surface area contributed by atoms with E-state index < -0.39 is 0 Å². The zero-order valence-corrected chi connectivity index (χ0v) is 14.5. The maximum Gasteiger partial charge on any atom is 0.190 e. The van der Waals surface area contributed by atoms with Crippen LogP contribution in [0.25, 0.3) is 34.5 Å². The Morgan fingerprint density at radius 1 is 0.667 bits per heavy atom. The van der Waals surface area contributed by atoms with Gasteiger partial charge in [0.05, 0.1) is 0 Å². The van der Waals surface area contributed by atoms with Crippen molar-refractivity contribution in [3.63, 3.8) is 0 Å². The Labute approximate surface area is 157 Å². The molecule has 0 bridgehead atoms. The van der Waals surface area contributed by atoms with Crippen LogP contribution in [0.4, 0.5) is 0 Å². The van der Waals surface area contributed by atoms with Gasteiger partial charge < -0.3 is 0 Å². The summed E-state index contributed by atoms with van der Waals surface area (Å²) >= 11 is 0. The van der Waals surface area contributed by atoms with Crippen molar-refractivity contribution in [3.8, 4) is 28.5 Å². The first kappa shape index (κ1) is 16.5. The second kappa shape index (κ2) is 7.51. The van der Waals surface area contributed by atoms with Gasteiger partial charge in [-0.25, -0.2) is 0 Å². The topological polar surface area (TPSA) is 65.4 Å². The summed E-state index contributed by atoms with van der Waals surface area (Å²) < 4.78 is 0. The van der Waals surface area contributed by atoms with Crippen LogP contribution in [0.1, 0.15) is 16.8 Å². The molecule has 1 N–H and O–H groups in total. The van der Waals surface area contributed by atoms with Crippen molar-refractivity contribution in [2.75, 3.05) is 0 Å². The summed E-state index contributed by atoms with van der Waals surface area (Å²) in [6.45, 7) is 0. The van der Waals surface area contributed by atoms with E-state index in [0.717, 1.165) is 16.7 Å². The Hall–Kier alpha value is -3.97. The molecule has 4 rings (SSSR count). The molecule has 4 nitrogen and oxygen atoms in total. The van der Waals surface area contributed by atoms with Gasteiger partial charge in [-0.1, -0.05) is 91.0 Å². The number of nitrogens with one attached hydrogen (secondary N) is 1. The molecule has 4 aromatic rings. The summed E-state index contributed by atoms with van der Waals surface area (Å²) in [5.74, 6) is 0. The smallest absolute Gasteiger partial charge is 0.190 e. The van der Waals surface area contributed by atoms with Gasteiger partial charge in [-0.3, -0.25) is 0 Å². The molecule has 27 heavy (non-hydrogen) atoms. The Kier molecular flexibility index (Phi) is 4.59. The van der Waals surface area contributed by atoms with Gasteiger partial charge in [0.15, 0.2) is 5.69 Å². The minimum Gasteiger partial charge on any atom is -0.196 e. The molecular weight excluding hydrogens is 332 g/mol. The molecule has 1 heterocycles. The molecular formula is C23H16N4. The molecule has 0 aliphatic carbocycles. The fraction of sp³-hybridized carbons (Fsp3) is 0. The number of nitrogens with zero attached hydrogens (tertiary/aromatic N) is 3. The SMILES string of the molecule is N#Cc1n[nH]nc1-c1ccc(C=Cc2ccc(-c3ccccc3)cc2)cc1. The van der Waals surface area contributed by atoms with E-state index in [0.29, 0.717) is 11.4 Å². The number of H-pyrrole nitrogens is 1. The minimum atomic E-state index is 0.303. The number of hydrogen-bond acceptors (Lipinski definition) is 3. The quantitative estimate of drug-likeness (QED) is 0.517. The molecule has 0 fully saturated rings. The standard InChI is InChI=1S/C23H16N4/c24-16-22-23(26-27-25-22)21-14-10-18(11-15-21)7-6-17-8-12-20(13-9-17)19-4-2-1-3-5-19/h1-15H,(H,25,26,27). The number of hydrogen-bond donors (Lipinski definition) is 1. The molecule has 4 heteroatoms. The van der Waals surface area contributed by atoms with E-state index in [9.17, 15) is 0 Å². The lowest BCUT2D eigenvalue weighted by Gasteiger charge is -2.02. The van der Waals surface area contributed by atoms with Crippen molar-refractivity contribution >= 4 is 12.2 Å². The van der Waals surface area contributed by atoms with Gasteiger partial charge in [0.2, 0.25) is 0 Å².